The molecule has 0 aliphatic carbocycles. The van der Waals surface area contributed by atoms with E-state index in [0.717, 1.165) is 31.7 Å². The predicted molar refractivity (Wildman–Crippen MR) is 72.8 cm³/mol. The molecule has 3 rings (SSSR count). The Morgan fingerprint density at radius 1 is 1.50 bits per heavy atom. The van der Waals surface area contributed by atoms with Crippen molar-refractivity contribution in [3.63, 3.8) is 0 Å². The fraction of sp³-hybridized carbons (Fsp3) is 0.533. The molecule has 2 atom stereocenters. The van der Waals surface area contributed by atoms with E-state index >= 15 is 0 Å². The molecule has 0 saturated carbocycles. The number of nitrogens with one attached hydrogen (secondary N) is 1. The van der Waals surface area contributed by atoms with Gasteiger partial charge in [0.05, 0.1) is 18.3 Å². The Bertz CT molecular complexity index is 555. The van der Waals surface area contributed by atoms with Gasteiger partial charge in [-0.15, -0.1) is 0 Å². The van der Waals surface area contributed by atoms with E-state index < -0.39 is 5.82 Å². The van der Waals surface area contributed by atoms with Gasteiger partial charge in [0.1, 0.15) is 11.9 Å². The lowest BCUT2D eigenvalue weighted by molar-refractivity contribution is -0.0720. The maximum absolute atomic E-state index is 13.6. The molecule has 2 aliphatic heterocycles. The van der Waals surface area contributed by atoms with E-state index in [4.69, 9.17) is 10.00 Å². The van der Waals surface area contributed by atoms with Gasteiger partial charge in [-0.25, -0.2) is 4.39 Å². The largest absolute Gasteiger partial charge is 0.370 e. The highest BCUT2D eigenvalue weighted by atomic mass is 19.1. The second-order valence-corrected chi connectivity index (χ2v) is 5.42. The monoisotopic (exact) mass is 275 g/mol. The minimum atomic E-state index is -0.454. The second-order valence-electron chi connectivity index (χ2n) is 5.42. The van der Waals surface area contributed by atoms with Gasteiger partial charge in [0.2, 0.25) is 0 Å². The van der Waals surface area contributed by atoms with Crippen LogP contribution in [0, 0.1) is 24.1 Å². The molecule has 106 valence electrons. The Kier molecular flexibility index (Phi) is 3.70. The predicted octanol–water partition coefficient (Wildman–Crippen LogP) is 1.35. The van der Waals surface area contributed by atoms with E-state index in [0.29, 0.717) is 18.2 Å². The van der Waals surface area contributed by atoms with Gasteiger partial charge in [-0.2, -0.15) is 5.26 Å². The number of fused-ring (bicyclic) bond motifs is 1. The summed E-state index contributed by atoms with van der Waals surface area (Å²) in [7, 11) is 0. The van der Waals surface area contributed by atoms with E-state index in [1.54, 1.807) is 13.0 Å². The molecule has 0 unspecified atom stereocenters. The Morgan fingerprint density at radius 2 is 2.35 bits per heavy atom. The van der Waals surface area contributed by atoms with Gasteiger partial charge in [-0.05, 0) is 24.1 Å². The van der Waals surface area contributed by atoms with Crippen LogP contribution in [0.5, 0.6) is 0 Å². The molecule has 2 aliphatic rings. The molecule has 5 heteroatoms. The SMILES string of the molecule is Cc1c([C@H]2CN3CCNC[C@@H]3CO2)ccc(F)c1C#N. The van der Waals surface area contributed by atoms with Crippen LogP contribution in [0.25, 0.3) is 0 Å². The van der Waals surface area contributed by atoms with Crippen LogP contribution in [0.2, 0.25) is 0 Å². The van der Waals surface area contributed by atoms with E-state index in [2.05, 4.69) is 10.2 Å². The molecule has 1 N–H and O–H groups in total. The lowest BCUT2D eigenvalue weighted by Gasteiger charge is -2.43. The van der Waals surface area contributed by atoms with Crippen molar-refractivity contribution >= 4 is 0 Å². The van der Waals surface area contributed by atoms with E-state index in [-0.39, 0.29) is 11.7 Å². The molecular weight excluding hydrogens is 257 g/mol. The summed E-state index contributed by atoms with van der Waals surface area (Å²) >= 11 is 0. The minimum absolute atomic E-state index is 0.0722. The zero-order valence-corrected chi connectivity index (χ0v) is 11.5. The number of piperazine rings is 1. The molecule has 2 saturated heterocycles. The molecule has 0 spiro atoms. The van der Waals surface area contributed by atoms with Crippen molar-refractivity contribution < 1.29 is 9.13 Å². The standard InChI is InChI=1S/C15H18FN3O/c1-10-12(2-3-14(16)13(10)6-17)15-8-19-5-4-18-7-11(19)9-20-15/h2-3,11,15,18H,4-5,7-9H2,1H3/t11-,15-/m1/s1. The van der Waals surface area contributed by atoms with Crippen molar-refractivity contribution in [1.82, 2.24) is 10.2 Å². The van der Waals surface area contributed by atoms with Crippen LogP contribution in [-0.2, 0) is 4.74 Å². The van der Waals surface area contributed by atoms with Crippen LogP contribution >= 0.6 is 0 Å². The summed E-state index contributed by atoms with van der Waals surface area (Å²) in [5.74, 6) is -0.454. The Balaban J connectivity index is 1.85. The fourth-order valence-electron chi connectivity index (χ4n) is 3.07. The Morgan fingerprint density at radius 3 is 3.15 bits per heavy atom. The highest BCUT2D eigenvalue weighted by molar-refractivity contribution is 5.44. The van der Waals surface area contributed by atoms with Crippen molar-refractivity contribution in [2.75, 3.05) is 32.8 Å². The highest BCUT2D eigenvalue weighted by Gasteiger charge is 2.32. The maximum Gasteiger partial charge on any atom is 0.141 e. The van der Waals surface area contributed by atoms with Gasteiger partial charge in [0, 0.05) is 32.2 Å². The average Bonchev–Trinajstić information content (AvgIpc) is 2.47. The van der Waals surface area contributed by atoms with Crippen molar-refractivity contribution in [3.8, 4) is 6.07 Å². The number of rotatable bonds is 1. The zero-order valence-electron chi connectivity index (χ0n) is 11.5. The first-order chi connectivity index (χ1) is 9.70. The van der Waals surface area contributed by atoms with Gasteiger partial charge in [-0.3, -0.25) is 4.90 Å². The van der Waals surface area contributed by atoms with Crippen LogP contribution in [0.4, 0.5) is 4.39 Å². The number of morpholine rings is 1. The number of hydrogen-bond acceptors (Lipinski definition) is 4. The summed E-state index contributed by atoms with van der Waals surface area (Å²) in [6, 6.07) is 5.49. The Hall–Kier alpha value is -1.48. The van der Waals surface area contributed by atoms with Gasteiger partial charge in [-0.1, -0.05) is 6.07 Å². The van der Waals surface area contributed by atoms with E-state index in [1.165, 1.54) is 6.07 Å². The van der Waals surface area contributed by atoms with Gasteiger partial charge in [0.15, 0.2) is 0 Å². The van der Waals surface area contributed by atoms with Crippen molar-refractivity contribution in [3.05, 3.63) is 34.6 Å². The van der Waals surface area contributed by atoms with Gasteiger partial charge >= 0.3 is 0 Å². The normalized spacial score (nSPS) is 26.9. The summed E-state index contributed by atoms with van der Waals surface area (Å²) in [5.41, 5.74) is 1.76. The molecule has 2 heterocycles. The maximum atomic E-state index is 13.6. The number of halogens is 1. The molecule has 0 radical (unpaired) electrons. The summed E-state index contributed by atoms with van der Waals surface area (Å²) in [5, 5.41) is 12.4. The summed E-state index contributed by atoms with van der Waals surface area (Å²) in [4.78, 5) is 2.42. The third-order valence-corrected chi connectivity index (χ3v) is 4.28. The first kappa shape index (κ1) is 13.5. The molecule has 0 amide bonds. The molecule has 0 bridgehead atoms. The lowest BCUT2D eigenvalue weighted by atomic mass is 9.96. The van der Waals surface area contributed by atoms with Crippen LogP contribution in [0.1, 0.15) is 22.8 Å². The topological polar surface area (TPSA) is 48.3 Å². The van der Waals surface area contributed by atoms with Gasteiger partial charge < -0.3 is 10.1 Å². The van der Waals surface area contributed by atoms with Crippen LogP contribution < -0.4 is 5.32 Å². The second kappa shape index (κ2) is 5.49. The highest BCUT2D eigenvalue weighted by Crippen LogP contribution is 2.29. The number of benzene rings is 1. The van der Waals surface area contributed by atoms with Crippen LogP contribution in [0.3, 0.4) is 0 Å². The van der Waals surface area contributed by atoms with Crippen molar-refractivity contribution in [1.29, 1.82) is 5.26 Å². The Labute approximate surface area is 118 Å². The van der Waals surface area contributed by atoms with Crippen LogP contribution in [-0.4, -0.2) is 43.7 Å². The zero-order chi connectivity index (χ0) is 14.1. The summed E-state index contributed by atoms with van der Waals surface area (Å²) in [6.07, 6.45) is -0.0722. The molecule has 20 heavy (non-hydrogen) atoms. The molecule has 1 aromatic carbocycles. The van der Waals surface area contributed by atoms with Crippen molar-refractivity contribution in [2.24, 2.45) is 0 Å². The quantitative estimate of drug-likeness (QED) is 0.840. The number of ether oxygens (including phenoxy) is 1. The van der Waals surface area contributed by atoms with Crippen molar-refractivity contribution in [2.45, 2.75) is 19.1 Å². The summed E-state index contributed by atoms with van der Waals surface area (Å²) < 4.78 is 19.5. The first-order valence-electron chi connectivity index (χ1n) is 6.96. The van der Waals surface area contributed by atoms with E-state index in [9.17, 15) is 4.39 Å². The third kappa shape index (κ3) is 2.31. The molecule has 1 aromatic rings. The lowest BCUT2D eigenvalue weighted by Crippen LogP contribution is -2.57. The average molecular weight is 275 g/mol. The fourth-order valence-corrected chi connectivity index (χ4v) is 3.07. The molecular formula is C15H18FN3O. The van der Waals surface area contributed by atoms with E-state index in [1.807, 2.05) is 6.07 Å². The number of nitriles is 1. The first-order valence-corrected chi connectivity index (χ1v) is 6.96. The third-order valence-electron chi connectivity index (χ3n) is 4.28. The number of hydrogen-bond donors (Lipinski definition) is 1. The number of nitrogens with zero attached hydrogens (tertiary/aromatic N) is 2. The molecule has 0 aromatic heterocycles. The molecule has 4 nitrogen and oxygen atoms in total. The molecule has 2 fully saturated rings. The minimum Gasteiger partial charge on any atom is -0.370 e. The van der Waals surface area contributed by atoms with Gasteiger partial charge in [0.25, 0.3) is 0 Å². The van der Waals surface area contributed by atoms with Crippen LogP contribution in [0.15, 0.2) is 12.1 Å². The smallest absolute Gasteiger partial charge is 0.141 e. The summed E-state index contributed by atoms with van der Waals surface area (Å²) in [6.45, 7) is 6.24.